The maximum Gasteiger partial charge on any atom is 0.328 e. The first-order valence-electron chi connectivity index (χ1n) is 19.0. The highest BCUT2D eigenvalue weighted by atomic mass is 16.5. The van der Waals surface area contributed by atoms with Gasteiger partial charge in [-0.3, -0.25) is 14.4 Å². The molecule has 0 bridgehead atoms. The minimum atomic E-state index is -1.38. The summed E-state index contributed by atoms with van der Waals surface area (Å²) in [4.78, 5) is 47.2. The second-order valence-corrected chi connectivity index (χ2v) is 12.6. The molecule has 0 rings (SSSR count). The van der Waals surface area contributed by atoms with Crippen LogP contribution in [0.25, 0.3) is 0 Å². The quantitative estimate of drug-likeness (QED) is 0.0308. The molecule has 0 spiro atoms. The number of carboxylic acids is 1. The Hall–Kier alpha value is -3.20. The van der Waals surface area contributed by atoms with Crippen LogP contribution in [0.1, 0.15) is 155 Å². The van der Waals surface area contributed by atoms with Gasteiger partial charge in [0.15, 0.2) is 0 Å². The summed E-state index contributed by atoms with van der Waals surface area (Å²) in [5.74, 6) is -2.38. The van der Waals surface area contributed by atoms with E-state index in [9.17, 15) is 19.2 Å². The van der Waals surface area contributed by atoms with E-state index in [0.29, 0.717) is 19.3 Å². The predicted octanol–water partition coefficient (Wildman–Crippen LogP) is 8.42. The van der Waals surface area contributed by atoms with Gasteiger partial charge >= 0.3 is 11.9 Å². The molecular formula is C40H68N2O7. The maximum atomic E-state index is 12.6. The Morgan fingerprint density at radius 2 is 1.22 bits per heavy atom. The molecule has 0 aliphatic heterocycles. The standard InChI is InChI=1S/C40H68N2O7/c1-3-5-7-9-11-13-14-15-16-18-24-28-32-39(46)49-35(29-25-21-17-12-10-8-6-4-2)30-26-22-19-20-23-27-31-37(44)41-33-38(45)42-36(34-43)40(47)48/h6,8,11-13,17,25,29,35-36,43H,3-5,7,9-10,14-16,18-24,26-28,30-34H2,1-2H3,(H,41,44)(H,42,45)(H,47,48)/b8-6-,13-11-,17-12-,29-25-. The lowest BCUT2D eigenvalue weighted by Crippen LogP contribution is -2.47. The average Bonchev–Trinajstić information content (AvgIpc) is 3.08. The number of carboxylic acid groups (broad SMARTS) is 1. The van der Waals surface area contributed by atoms with E-state index in [1.54, 1.807) is 0 Å². The van der Waals surface area contributed by atoms with Crippen LogP contribution >= 0.6 is 0 Å². The molecule has 2 atom stereocenters. The summed E-state index contributed by atoms with van der Waals surface area (Å²) in [6, 6.07) is -1.38. The lowest BCUT2D eigenvalue weighted by Gasteiger charge is -2.14. The highest BCUT2D eigenvalue weighted by molar-refractivity contribution is 5.87. The Labute approximate surface area is 297 Å². The van der Waals surface area contributed by atoms with E-state index >= 15 is 0 Å². The van der Waals surface area contributed by atoms with Crippen LogP contribution in [0.15, 0.2) is 48.6 Å². The third-order valence-corrected chi connectivity index (χ3v) is 8.04. The molecule has 0 aliphatic carbocycles. The topological polar surface area (TPSA) is 142 Å². The number of allylic oxidation sites excluding steroid dienone is 7. The Kier molecular flexibility index (Phi) is 32.4. The highest BCUT2D eigenvalue weighted by Gasteiger charge is 2.18. The molecule has 0 heterocycles. The molecule has 0 aliphatic rings. The van der Waals surface area contributed by atoms with Crippen molar-refractivity contribution in [2.45, 2.75) is 167 Å². The molecule has 0 radical (unpaired) electrons. The van der Waals surface area contributed by atoms with Gasteiger partial charge in [0.25, 0.3) is 0 Å². The van der Waals surface area contributed by atoms with Crippen molar-refractivity contribution in [2.24, 2.45) is 0 Å². The van der Waals surface area contributed by atoms with Gasteiger partial charge in [0.05, 0.1) is 13.2 Å². The van der Waals surface area contributed by atoms with E-state index in [4.69, 9.17) is 14.9 Å². The van der Waals surface area contributed by atoms with Crippen molar-refractivity contribution in [3.8, 4) is 0 Å². The first kappa shape index (κ1) is 45.8. The summed E-state index contributed by atoms with van der Waals surface area (Å²) in [5, 5.41) is 22.4. The van der Waals surface area contributed by atoms with E-state index in [1.807, 2.05) is 6.08 Å². The van der Waals surface area contributed by atoms with Crippen LogP contribution in [0.4, 0.5) is 0 Å². The number of hydrogen-bond donors (Lipinski definition) is 4. The van der Waals surface area contributed by atoms with Gasteiger partial charge in [-0.25, -0.2) is 4.79 Å². The Morgan fingerprint density at radius 1 is 0.653 bits per heavy atom. The fraction of sp³-hybridized carbons (Fsp3) is 0.700. The molecule has 4 N–H and O–H groups in total. The van der Waals surface area contributed by atoms with Crippen molar-refractivity contribution >= 4 is 23.8 Å². The molecule has 0 saturated heterocycles. The molecule has 9 nitrogen and oxygen atoms in total. The van der Waals surface area contributed by atoms with Gasteiger partial charge < -0.3 is 25.6 Å². The van der Waals surface area contributed by atoms with Crippen LogP contribution in [0, 0.1) is 0 Å². The zero-order valence-corrected chi connectivity index (χ0v) is 30.7. The Bertz CT molecular complexity index is 974. The summed E-state index contributed by atoms with van der Waals surface area (Å²) < 4.78 is 5.88. The van der Waals surface area contributed by atoms with Crippen molar-refractivity contribution in [3.63, 3.8) is 0 Å². The summed E-state index contributed by atoms with van der Waals surface area (Å²) >= 11 is 0. The third kappa shape index (κ3) is 31.8. The minimum absolute atomic E-state index is 0.115. The SMILES string of the molecule is CC/C=C\C/C=C\C/C=C\C(CCCCCCCCC(=O)NCC(=O)NC(CO)C(=O)O)OC(=O)CCCCCCC/C=C\CCCCC. The van der Waals surface area contributed by atoms with Crippen molar-refractivity contribution < 1.29 is 34.1 Å². The van der Waals surface area contributed by atoms with E-state index in [2.05, 4.69) is 67.0 Å². The second kappa shape index (κ2) is 34.7. The molecule has 2 unspecified atom stereocenters. The molecule has 0 aromatic carbocycles. The van der Waals surface area contributed by atoms with E-state index < -0.39 is 24.5 Å². The smallest absolute Gasteiger partial charge is 0.328 e. The van der Waals surface area contributed by atoms with Gasteiger partial charge in [-0.15, -0.1) is 0 Å². The number of amides is 2. The third-order valence-electron chi connectivity index (χ3n) is 8.04. The van der Waals surface area contributed by atoms with Gasteiger partial charge in [0.2, 0.25) is 11.8 Å². The number of carbonyl (C=O) groups is 4. The number of ether oxygens (including phenoxy) is 1. The van der Waals surface area contributed by atoms with Crippen LogP contribution in [-0.4, -0.2) is 59.3 Å². The fourth-order valence-electron chi connectivity index (χ4n) is 5.11. The minimum Gasteiger partial charge on any atom is -0.480 e. The van der Waals surface area contributed by atoms with Crippen LogP contribution in [-0.2, 0) is 23.9 Å². The van der Waals surface area contributed by atoms with Crippen LogP contribution in [0.3, 0.4) is 0 Å². The van der Waals surface area contributed by atoms with Crippen molar-refractivity contribution in [1.29, 1.82) is 0 Å². The van der Waals surface area contributed by atoms with Crippen LogP contribution < -0.4 is 10.6 Å². The molecule has 9 heteroatoms. The molecule has 0 saturated carbocycles. The second-order valence-electron chi connectivity index (χ2n) is 12.6. The van der Waals surface area contributed by atoms with Crippen molar-refractivity contribution in [1.82, 2.24) is 10.6 Å². The molecular weight excluding hydrogens is 620 g/mol. The number of carbonyl (C=O) groups excluding carboxylic acids is 3. The number of aliphatic hydroxyl groups is 1. The maximum absolute atomic E-state index is 12.6. The van der Waals surface area contributed by atoms with E-state index in [-0.39, 0.29) is 24.5 Å². The number of nitrogens with one attached hydrogen (secondary N) is 2. The lowest BCUT2D eigenvalue weighted by atomic mass is 10.1. The summed E-state index contributed by atoms with van der Waals surface area (Å²) in [6.07, 6.45) is 38.8. The zero-order valence-electron chi connectivity index (χ0n) is 30.7. The monoisotopic (exact) mass is 689 g/mol. The molecule has 0 aromatic rings. The van der Waals surface area contributed by atoms with Gasteiger partial charge in [0, 0.05) is 12.8 Å². The molecule has 280 valence electrons. The number of unbranched alkanes of at least 4 members (excludes halogenated alkanes) is 13. The van der Waals surface area contributed by atoms with Crippen molar-refractivity contribution in [2.75, 3.05) is 13.2 Å². The highest BCUT2D eigenvalue weighted by Crippen LogP contribution is 2.15. The van der Waals surface area contributed by atoms with Gasteiger partial charge in [-0.1, -0.05) is 114 Å². The molecule has 0 fully saturated rings. The normalized spacial score (nSPS) is 13.0. The van der Waals surface area contributed by atoms with Gasteiger partial charge in [-0.2, -0.15) is 0 Å². The first-order valence-corrected chi connectivity index (χ1v) is 19.0. The largest absolute Gasteiger partial charge is 0.480 e. The Balaban J connectivity index is 4.32. The number of aliphatic carboxylic acids is 1. The number of esters is 1. The predicted molar refractivity (Wildman–Crippen MR) is 199 cm³/mol. The number of rotatable bonds is 33. The average molecular weight is 689 g/mol. The Morgan fingerprint density at radius 3 is 1.86 bits per heavy atom. The summed E-state index contributed by atoms with van der Waals surface area (Å²) in [5.41, 5.74) is 0. The number of hydrogen-bond acceptors (Lipinski definition) is 6. The van der Waals surface area contributed by atoms with Crippen LogP contribution in [0.5, 0.6) is 0 Å². The lowest BCUT2D eigenvalue weighted by molar-refractivity contribution is -0.147. The first-order chi connectivity index (χ1) is 23.8. The fourth-order valence-corrected chi connectivity index (χ4v) is 5.11. The molecule has 49 heavy (non-hydrogen) atoms. The van der Waals surface area contributed by atoms with Gasteiger partial charge in [0.1, 0.15) is 12.1 Å². The van der Waals surface area contributed by atoms with Crippen molar-refractivity contribution in [3.05, 3.63) is 48.6 Å². The summed E-state index contributed by atoms with van der Waals surface area (Å²) in [7, 11) is 0. The van der Waals surface area contributed by atoms with Gasteiger partial charge in [-0.05, 0) is 76.7 Å². The van der Waals surface area contributed by atoms with E-state index in [0.717, 1.165) is 83.5 Å². The zero-order chi connectivity index (χ0) is 36.2. The number of aliphatic hydroxyl groups excluding tert-OH is 1. The molecule has 2 amide bonds. The van der Waals surface area contributed by atoms with E-state index in [1.165, 1.54) is 38.5 Å². The molecule has 0 aromatic heterocycles. The van der Waals surface area contributed by atoms with Crippen LogP contribution in [0.2, 0.25) is 0 Å². The summed E-state index contributed by atoms with van der Waals surface area (Å²) in [6.45, 7) is 3.31.